The number of carbonyl (C=O) groups is 1. The molecule has 1 aromatic carbocycles. The summed E-state index contributed by atoms with van der Waals surface area (Å²) in [5.41, 5.74) is 0.510. The highest BCUT2D eigenvalue weighted by atomic mass is 16.6. The maximum Gasteiger partial charge on any atom is 0.272 e. The van der Waals surface area contributed by atoms with Crippen LogP contribution in [0.5, 0.6) is 5.75 Å². The average molecular weight is 282 g/mol. The molecule has 1 atom stereocenters. The van der Waals surface area contributed by atoms with Crippen molar-refractivity contribution in [2.45, 2.75) is 19.9 Å². The van der Waals surface area contributed by atoms with Gasteiger partial charge in [0.15, 0.2) is 6.61 Å². The zero-order chi connectivity index (χ0) is 15.1. The molecule has 1 N–H and O–H groups in total. The molecule has 0 unspecified atom stereocenters. The molecule has 0 fully saturated rings. The second-order valence-corrected chi connectivity index (χ2v) is 4.42. The third-order valence-corrected chi connectivity index (χ3v) is 2.56. The van der Waals surface area contributed by atoms with Crippen LogP contribution in [0.3, 0.4) is 0 Å². The topological polar surface area (TPSA) is 90.7 Å². The van der Waals surface area contributed by atoms with E-state index in [1.165, 1.54) is 18.2 Å². The van der Waals surface area contributed by atoms with E-state index in [1.54, 1.807) is 14.0 Å². The fourth-order valence-corrected chi connectivity index (χ4v) is 1.68. The predicted octanol–water partition coefficient (Wildman–Crippen LogP) is 1.43. The van der Waals surface area contributed by atoms with Crippen molar-refractivity contribution in [3.63, 3.8) is 0 Å². The van der Waals surface area contributed by atoms with Crippen molar-refractivity contribution in [3.05, 3.63) is 33.9 Å². The van der Waals surface area contributed by atoms with Crippen molar-refractivity contribution in [3.8, 4) is 5.75 Å². The van der Waals surface area contributed by atoms with Crippen LogP contribution < -0.4 is 10.1 Å². The molecule has 20 heavy (non-hydrogen) atoms. The van der Waals surface area contributed by atoms with Gasteiger partial charge in [0.25, 0.3) is 11.6 Å². The van der Waals surface area contributed by atoms with Crippen LogP contribution in [0.2, 0.25) is 0 Å². The van der Waals surface area contributed by atoms with Crippen molar-refractivity contribution in [1.82, 2.24) is 5.32 Å². The van der Waals surface area contributed by atoms with E-state index in [-0.39, 0.29) is 24.2 Å². The van der Waals surface area contributed by atoms with Gasteiger partial charge in [0.05, 0.1) is 11.5 Å². The van der Waals surface area contributed by atoms with Crippen LogP contribution >= 0.6 is 0 Å². The standard InChI is InChI=1S/C13H18N2O5/c1-9-6-11(4-5-12(9)15(17)18)20-8-13(16)14-10(2)7-19-3/h4-6,10H,7-8H2,1-3H3,(H,14,16)/t10-/m0/s1. The average Bonchev–Trinajstić information content (AvgIpc) is 2.36. The van der Waals surface area contributed by atoms with E-state index < -0.39 is 4.92 Å². The molecule has 0 saturated carbocycles. The van der Waals surface area contributed by atoms with E-state index in [4.69, 9.17) is 9.47 Å². The van der Waals surface area contributed by atoms with Crippen molar-refractivity contribution < 1.29 is 19.2 Å². The molecule has 7 heteroatoms. The fraction of sp³-hybridized carbons (Fsp3) is 0.462. The summed E-state index contributed by atoms with van der Waals surface area (Å²) in [6.45, 7) is 3.71. The molecule has 0 radical (unpaired) electrons. The summed E-state index contributed by atoms with van der Waals surface area (Å²) in [5, 5.41) is 13.4. The van der Waals surface area contributed by atoms with Crippen molar-refractivity contribution in [1.29, 1.82) is 0 Å². The quantitative estimate of drug-likeness (QED) is 0.603. The first-order chi connectivity index (χ1) is 9.43. The Morgan fingerprint density at radius 1 is 1.50 bits per heavy atom. The summed E-state index contributed by atoms with van der Waals surface area (Å²) in [7, 11) is 1.55. The van der Waals surface area contributed by atoms with E-state index in [9.17, 15) is 14.9 Å². The Hall–Kier alpha value is -2.15. The van der Waals surface area contributed by atoms with E-state index in [0.29, 0.717) is 17.9 Å². The summed E-state index contributed by atoms with van der Waals surface area (Å²) in [6.07, 6.45) is 0. The molecule has 110 valence electrons. The van der Waals surface area contributed by atoms with Crippen LogP contribution in [0.15, 0.2) is 18.2 Å². The van der Waals surface area contributed by atoms with Gasteiger partial charge >= 0.3 is 0 Å². The van der Waals surface area contributed by atoms with E-state index >= 15 is 0 Å². The first kappa shape index (κ1) is 15.9. The van der Waals surface area contributed by atoms with Crippen LogP contribution in [0.25, 0.3) is 0 Å². The minimum absolute atomic E-state index is 0.0236. The van der Waals surface area contributed by atoms with Gasteiger partial charge in [-0.3, -0.25) is 14.9 Å². The van der Waals surface area contributed by atoms with Gasteiger partial charge in [-0.25, -0.2) is 0 Å². The highest BCUT2D eigenvalue weighted by Crippen LogP contribution is 2.22. The zero-order valence-corrected chi connectivity index (χ0v) is 11.7. The zero-order valence-electron chi connectivity index (χ0n) is 11.7. The number of methoxy groups -OCH3 is 1. The maximum absolute atomic E-state index is 11.6. The molecule has 0 spiro atoms. The number of carbonyl (C=O) groups excluding carboxylic acids is 1. The molecule has 1 rings (SSSR count). The normalized spacial score (nSPS) is 11.8. The molecule has 0 aliphatic carbocycles. The van der Waals surface area contributed by atoms with Crippen LogP contribution in [0, 0.1) is 17.0 Å². The molecular formula is C13H18N2O5. The Balaban J connectivity index is 2.52. The van der Waals surface area contributed by atoms with E-state index in [1.807, 2.05) is 6.92 Å². The summed E-state index contributed by atoms with van der Waals surface area (Å²) >= 11 is 0. The van der Waals surface area contributed by atoms with Gasteiger partial charge in [0, 0.05) is 24.8 Å². The molecule has 0 bridgehead atoms. The summed E-state index contributed by atoms with van der Waals surface area (Å²) in [5.74, 6) is 0.146. The van der Waals surface area contributed by atoms with Gasteiger partial charge in [0.2, 0.25) is 0 Å². The minimum atomic E-state index is -0.460. The number of nitro groups is 1. The number of hydrogen-bond donors (Lipinski definition) is 1. The van der Waals surface area contributed by atoms with Gasteiger partial charge in [-0.05, 0) is 26.0 Å². The van der Waals surface area contributed by atoms with Crippen molar-refractivity contribution >= 4 is 11.6 Å². The number of rotatable bonds is 7. The summed E-state index contributed by atoms with van der Waals surface area (Å²) in [6, 6.07) is 4.26. The highest BCUT2D eigenvalue weighted by Gasteiger charge is 2.12. The van der Waals surface area contributed by atoms with Gasteiger partial charge in [-0.1, -0.05) is 0 Å². The molecule has 7 nitrogen and oxygen atoms in total. The second kappa shape index (κ2) is 7.44. The molecule has 0 aromatic heterocycles. The fourth-order valence-electron chi connectivity index (χ4n) is 1.68. The lowest BCUT2D eigenvalue weighted by Gasteiger charge is -2.13. The van der Waals surface area contributed by atoms with Crippen molar-refractivity contribution in [2.75, 3.05) is 20.3 Å². The van der Waals surface area contributed by atoms with Crippen molar-refractivity contribution in [2.24, 2.45) is 0 Å². The number of hydrogen-bond acceptors (Lipinski definition) is 5. The Bertz CT molecular complexity index is 490. The Morgan fingerprint density at radius 3 is 2.75 bits per heavy atom. The van der Waals surface area contributed by atoms with E-state index in [0.717, 1.165) is 0 Å². The van der Waals surface area contributed by atoms with Crippen LogP contribution in [-0.2, 0) is 9.53 Å². The summed E-state index contributed by atoms with van der Waals surface area (Å²) in [4.78, 5) is 21.8. The third kappa shape index (κ3) is 4.85. The van der Waals surface area contributed by atoms with E-state index in [2.05, 4.69) is 5.32 Å². The van der Waals surface area contributed by atoms with Gasteiger partial charge in [-0.2, -0.15) is 0 Å². The minimum Gasteiger partial charge on any atom is -0.484 e. The first-order valence-electron chi connectivity index (χ1n) is 6.10. The lowest BCUT2D eigenvalue weighted by Crippen LogP contribution is -2.38. The second-order valence-electron chi connectivity index (χ2n) is 4.42. The van der Waals surface area contributed by atoms with Gasteiger partial charge in [-0.15, -0.1) is 0 Å². The lowest BCUT2D eigenvalue weighted by molar-refractivity contribution is -0.385. The molecule has 0 saturated heterocycles. The first-order valence-corrected chi connectivity index (χ1v) is 6.10. The maximum atomic E-state index is 11.6. The smallest absolute Gasteiger partial charge is 0.272 e. The van der Waals surface area contributed by atoms with Gasteiger partial charge in [0.1, 0.15) is 5.75 Å². The number of benzene rings is 1. The molecule has 0 aliphatic heterocycles. The molecule has 0 aliphatic rings. The molecule has 1 aromatic rings. The number of nitro benzene ring substituents is 1. The summed E-state index contributed by atoms with van der Waals surface area (Å²) < 4.78 is 10.2. The third-order valence-electron chi connectivity index (χ3n) is 2.56. The largest absolute Gasteiger partial charge is 0.484 e. The van der Waals surface area contributed by atoms with Crippen LogP contribution in [-0.4, -0.2) is 37.2 Å². The monoisotopic (exact) mass is 282 g/mol. The highest BCUT2D eigenvalue weighted by molar-refractivity contribution is 5.77. The van der Waals surface area contributed by atoms with Gasteiger partial charge < -0.3 is 14.8 Å². The number of aryl methyl sites for hydroxylation is 1. The predicted molar refractivity (Wildman–Crippen MR) is 72.8 cm³/mol. The number of nitrogens with zero attached hydrogens (tertiary/aromatic N) is 1. The Labute approximate surface area is 117 Å². The Kier molecular flexibility index (Phi) is 5.92. The Morgan fingerprint density at radius 2 is 2.20 bits per heavy atom. The molecule has 0 heterocycles. The number of ether oxygens (including phenoxy) is 2. The van der Waals surface area contributed by atoms with Crippen LogP contribution in [0.1, 0.15) is 12.5 Å². The number of nitrogens with one attached hydrogen (secondary N) is 1. The molecule has 1 amide bonds. The SMILES string of the molecule is COC[C@H](C)NC(=O)COc1ccc([N+](=O)[O-])c(C)c1. The lowest BCUT2D eigenvalue weighted by atomic mass is 10.2. The van der Waals surface area contributed by atoms with Crippen LogP contribution in [0.4, 0.5) is 5.69 Å². The molecular weight excluding hydrogens is 264 g/mol. The number of amides is 1.